The summed E-state index contributed by atoms with van der Waals surface area (Å²) in [6, 6.07) is 0. The van der Waals surface area contributed by atoms with Crippen LogP contribution in [0.5, 0.6) is 0 Å². The highest BCUT2D eigenvalue weighted by molar-refractivity contribution is 5.10. The second-order valence-corrected chi connectivity index (χ2v) is 2.35. The lowest BCUT2D eigenvalue weighted by Gasteiger charge is -2.01. The zero-order chi connectivity index (χ0) is 9.28. The molecule has 0 bridgehead atoms. The molecule has 0 heterocycles. The lowest BCUT2D eigenvalue weighted by molar-refractivity contribution is 0.757. The maximum Gasteiger partial charge on any atom is 0.0106 e. The van der Waals surface area contributed by atoms with Gasteiger partial charge in [0.15, 0.2) is 0 Å². The van der Waals surface area contributed by atoms with E-state index in [0.29, 0.717) is 5.92 Å². The van der Waals surface area contributed by atoms with Gasteiger partial charge in [0.25, 0.3) is 0 Å². The average Bonchev–Trinajstić information content (AvgIpc) is 2.03. The van der Waals surface area contributed by atoms with E-state index in [1.807, 2.05) is 39.0 Å². The maximum atomic E-state index is 5.61. The summed E-state index contributed by atoms with van der Waals surface area (Å²) in [5.41, 5.74) is 6.55. The van der Waals surface area contributed by atoms with Crippen molar-refractivity contribution < 1.29 is 0 Å². The summed E-state index contributed by atoms with van der Waals surface area (Å²) in [5, 5.41) is 0. The van der Waals surface area contributed by atoms with E-state index in [4.69, 9.17) is 5.73 Å². The Balaban J connectivity index is 0. The minimum Gasteiger partial charge on any atom is -0.402 e. The number of rotatable bonds is 2. The topological polar surface area (TPSA) is 26.0 Å². The number of nitrogens with two attached hydrogens (primary N) is 1. The van der Waals surface area contributed by atoms with Gasteiger partial charge in [-0.05, 0) is 18.9 Å². The van der Waals surface area contributed by atoms with Gasteiger partial charge in [-0.1, -0.05) is 39.8 Å². The summed E-state index contributed by atoms with van der Waals surface area (Å²) in [7, 11) is 0. The Kier molecular flexibility index (Phi) is 10.9. The Morgan fingerprint density at radius 3 is 2.00 bits per heavy atom. The fourth-order valence-electron chi connectivity index (χ4n) is 0.400. The molecule has 0 fully saturated rings. The van der Waals surface area contributed by atoms with Gasteiger partial charge in [-0.15, -0.1) is 0 Å². The molecule has 66 valence electrons. The van der Waals surface area contributed by atoms with E-state index >= 15 is 0 Å². The molecule has 0 spiro atoms. The summed E-state index contributed by atoms with van der Waals surface area (Å²) in [6.07, 6.45) is 5.86. The van der Waals surface area contributed by atoms with Crippen molar-refractivity contribution in [3.63, 3.8) is 0 Å². The Hall–Kier alpha value is -0.720. The first-order valence-corrected chi connectivity index (χ1v) is 4.26. The Morgan fingerprint density at radius 1 is 1.27 bits per heavy atom. The van der Waals surface area contributed by atoms with Crippen LogP contribution in [0.2, 0.25) is 0 Å². The van der Waals surface area contributed by atoms with Crippen molar-refractivity contribution in [1.29, 1.82) is 0 Å². The molecular formula is C10H21N. The van der Waals surface area contributed by atoms with E-state index in [1.165, 1.54) is 0 Å². The molecule has 0 rings (SSSR count). The first kappa shape index (κ1) is 12.9. The van der Waals surface area contributed by atoms with E-state index in [2.05, 4.69) is 13.8 Å². The standard InChI is InChI=1S/C8H15N.C2H6/c1-4-5-6-8(9)7(2)3;1-2/h4-7H,9H2,1-3H3;1-2H3/b5-4-,8-6+;. The van der Waals surface area contributed by atoms with Crippen LogP contribution in [0.15, 0.2) is 23.9 Å². The van der Waals surface area contributed by atoms with Crippen LogP contribution in [0, 0.1) is 5.92 Å². The summed E-state index contributed by atoms with van der Waals surface area (Å²) in [6.45, 7) is 10.1. The number of hydrogen-bond donors (Lipinski definition) is 1. The molecule has 0 atom stereocenters. The van der Waals surface area contributed by atoms with Crippen LogP contribution in [0.4, 0.5) is 0 Å². The van der Waals surface area contributed by atoms with Crippen LogP contribution in [0.25, 0.3) is 0 Å². The highest BCUT2D eigenvalue weighted by Gasteiger charge is 1.92. The highest BCUT2D eigenvalue weighted by atomic mass is 14.6. The van der Waals surface area contributed by atoms with Crippen molar-refractivity contribution in [1.82, 2.24) is 0 Å². The predicted molar refractivity (Wildman–Crippen MR) is 53.3 cm³/mol. The van der Waals surface area contributed by atoms with Crippen molar-refractivity contribution in [2.24, 2.45) is 11.7 Å². The molecule has 1 nitrogen and oxygen atoms in total. The smallest absolute Gasteiger partial charge is 0.0106 e. The van der Waals surface area contributed by atoms with Crippen molar-refractivity contribution in [2.45, 2.75) is 34.6 Å². The van der Waals surface area contributed by atoms with Gasteiger partial charge in [0, 0.05) is 5.70 Å². The third kappa shape index (κ3) is 9.28. The number of allylic oxidation sites excluding steroid dienone is 4. The van der Waals surface area contributed by atoms with Crippen LogP contribution in [0.1, 0.15) is 34.6 Å². The van der Waals surface area contributed by atoms with Gasteiger partial charge in [-0.3, -0.25) is 0 Å². The molecular weight excluding hydrogens is 134 g/mol. The molecule has 1 heteroatoms. The van der Waals surface area contributed by atoms with E-state index in [-0.39, 0.29) is 0 Å². The molecule has 0 aromatic carbocycles. The van der Waals surface area contributed by atoms with Gasteiger partial charge >= 0.3 is 0 Å². The molecule has 11 heavy (non-hydrogen) atoms. The largest absolute Gasteiger partial charge is 0.402 e. The first-order valence-electron chi connectivity index (χ1n) is 4.26. The third-order valence-corrected chi connectivity index (χ3v) is 1.15. The number of hydrogen-bond acceptors (Lipinski definition) is 1. The SMILES string of the molecule is C/C=C\C=C(\N)C(C)C.CC. The monoisotopic (exact) mass is 155 g/mol. The Morgan fingerprint density at radius 2 is 1.73 bits per heavy atom. The summed E-state index contributed by atoms with van der Waals surface area (Å²) in [5.74, 6) is 0.459. The Labute approximate surface area is 71.0 Å². The van der Waals surface area contributed by atoms with Crippen molar-refractivity contribution >= 4 is 0 Å². The zero-order valence-corrected chi connectivity index (χ0v) is 8.39. The highest BCUT2D eigenvalue weighted by Crippen LogP contribution is 2.00. The lowest BCUT2D eigenvalue weighted by Crippen LogP contribution is -2.03. The van der Waals surface area contributed by atoms with Crippen molar-refractivity contribution in [3.05, 3.63) is 23.9 Å². The molecule has 0 radical (unpaired) electrons. The van der Waals surface area contributed by atoms with Crippen LogP contribution < -0.4 is 5.73 Å². The molecule has 0 aromatic rings. The molecule has 2 N–H and O–H groups in total. The van der Waals surface area contributed by atoms with E-state index in [9.17, 15) is 0 Å². The molecule has 0 saturated heterocycles. The second-order valence-electron chi connectivity index (χ2n) is 2.35. The molecule has 0 aromatic heterocycles. The first-order chi connectivity index (χ1) is 5.18. The van der Waals surface area contributed by atoms with Crippen molar-refractivity contribution in [2.75, 3.05) is 0 Å². The van der Waals surface area contributed by atoms with Crippen LogP contribution >= 0.6 is 0 Å². The molecule has 0 aliphatic heterocycles. The molecule has 0 aliphatic carbocycles. The van der Waals surface area contributed by atoms with Gasteiger partial charge in [0.1, 0.15) is 0 Å². The quantitative estimate of drug-likeness (QED) is 0.609. The second kappa shape index (κ2) is 9.28. The maximum absolute atomic E-state index is 5.61. The molecule has 0 saturated carbocycles. The molecule has 0 amide bonds. The minimum absolute atomic E-state index is 0.459. The fourth-order valence-corrected chi connectivity index (χ4v) is 0.400. The van der Waals surface area contributed by atoms with Gasteiger partial charge in [0.2, 0.25) is 0 Å². The predicted octanol–water partition coefficient (Wildman–Crippen LogP) is 3.09. The van der Waals surface area contributed by atoms with E-state index < -0.39 is 0 Å². The average molecular weight is 155 g/mol. The van der Waals surface area contributed by atoms with E-state index in [0.717, 1.165) is 5.70 Å². The fraction of sp³-hybridized carbons (Fsp3) is 0.600. The van der Waals surface area contributed by atoms with Gasteiger partial charge in [-0.2, -0.15) is 0 Å². The summed E-state index contributed by atoms with van der Waals surface area (Å²) >= 11 is 0. The Bertz CT molecular complexity index is 121. The third-order valence-electron chi connectivity index (χ3n) is 1.15. The zero-order valence-electron chi connectivity index (χ0n) is 8.39. The van der Waals surface area contributed by atoms with Gasteiger partial charge < -0.3 is 5.73 Å². The molecule has 0 unspecified atom stereocenters. The molecule has 0 aliphatic rings. The normalized spacial score (nSPS) is 11.6. The van der Waals surface area contributed by atoms with Crippen LogP contribution in [0.3, 0.4) is 0 Å². The minimum atomic E-state index is 0.459. The van der Waals surface area contributed by atoms with Crippen LogP contribution in [-0.2, 0) is 0 Å². The van der Waals surface area contributed by atoms with Gasteiger partial charge in [0.05, 0.1) is 0 Å². The summed E-state index contributed by atoms with van der Waals surface area (Å²) < 4.78 is 0. The van der Waals surface area contributed by atoms with Crippen molar-refractivity contribution in [3.8, 4) is 0 Å². The van der Waals surface area contributed by atoms with Crippen LogP contribution in [-0.4, -0.2) is 0 Å². The lowest BCUT2D eigenvalue weighted by atomic mass is 10.1. The van der Waals surface area contributed by atoms with E-state index in [1.54, 1.807) is 0 Å². The summed E-state index contributed by atoms with van der Waals surface area (Å²) in [4.78, 5) is 0. The van der Waals surface area contributed by atoms with Gasteiger partial charge in [-0.25, -0.2) is 0 Å².